The van der Waals surface area contributed by atoms with Crippen LogP contribution < -0.4 is 14.5 Å². The van der Waals surface area contributed by atoms with Crippen LogP contribution in [0.4, 0.5) is 11.8 Å². The van der Waals surface area contributed by atoms with Crippen LogP contribution >= 0.6 is 11.8 Å². The number of ether oxygens (including phenoxy) is 1. The maximum absolute atomic E-state index is 9.29. The van der Waals surface area contributed by atoms with Crippen molar-refractivity contribution in [1.29, 1.82) is 5.26 Å². The number of anilines is 2. The Morgan fingerprint density at radius 2 is 1.75 bits per heavy atom. The van der Waals surface area contributed by atoms with Crippen molar-refractivity contribution in [1.82, 2.24) is 19.9 Å². The minimum Gasteiger partial charge on any atom is -0.494 e. The lowest BCUT2D eigenvalue weighted by molar-refractivity contribution is 0.410. The zero-order valence-corrected chi connectivity index (χ0v) is 14.3. The summed E-state index contributed by atoms with van der Waals surface area (Å²) in [6, 6.07) is 2.17. The van der Waals surface area contributed by atoms with E-state index >= 15 is 0 Å². The van der Waals surface area contributed by atoms with Gasteiger partial charge in [-0.05, 0) is 6.26 Å². The molecule has 24 heavy (non-hydrogen) atoms. The summed E-state index contributed by atoms with van der Waals surface area (Å²) in [5.41, 5.74) is 0.502. The number of hydrogen-bond donors (Lipinski definition) is 0. The molecule has 0 radical (unpaired) electrons. The molecule has 2 aromatic rings. The second kappa shape index (κ2) is 7.31. The summed E-state index contributed by atoms with van der Waals surface area (Å²) in [5, 5.41) is 9.96. The molecule has 0 bridgehead atoms. The van der Waals surface area contributed by atoms with Crippen molar-refractivity contribution < 1.29 is 4.74 Å². The van der Waals surface area contributed by atoms with Crippen LogP contribution in [0.15, 0.2) is 23.7 Å². The molecule has 1 aliphatic heterocycles. The number of hydrogen-bond acceptors (Lipinski definition) is 9. The van der Waals surface area contributed by atoms with Crippen molar-refractivity contribution in [3.8, 4) is 11.8 Å². The summed E-state index contributed by atoms with van der Waals surface area (Å²) in [7, 11) is 1.59. The number of thioether (sulfide) groups is 1. The Labute approximate surface area is 144 Å². The van der Waals surface area contributed by atoms with E-state index in [1.54, 1.807) is 25.7 Å². The molecule has 0 atom stereocenters. The van der Waals surface area contributed by atoms with Crippen molar-refractivity contribution in [2.75, 3.05) is 49.3 Å². The van der Waals surface area contributed by atoms with Gasteiger partial charge in [0.05, 0.1) is 25.7 Å². The van der Waals surface area contributed by atoms with E-state index in [-0.39, 0.29) is 0 Å². The maximum Gasteiger partial charge on any atom is 0.225 e. The van der Waals surface area contributed by atoms with Crippen LogP contribution in [0.25, 0.3) is 0 Å². The zero-order chi connectivity index (χ0) is 16.9. The molecule has 2 aromatic heterocycles. The molecule has 1 fully saturated rings. The third-order valence-electron chi connectivity index (χ3n) is 3.76. The smallest absolute Gasteiger partial charge is 0.225 e. The summed E-state index contributed by atoms with van der Waals surface area (Å²) < 4.78 is 5.08. The number of nitriles is 1. The molecule has 124 valence electrons. The quantitative estimate of drug-likeness (QED) is 0.599. The van der Waals surface area contributed by atoms with E-state index in [9.17, 15) is 5.26 Å². The van der Waals surface area contributed by atoms with Crippen molar-refractivity contribution in [2.24, 2.45) is 0 Å². The molecule has 0 saturated carbocycles. The van der Waals surface area contributed by atoms with Crippen LogP contribution in [-0.4, -0.2) is 59.5 Å². The molecular formula is C15H17N7OS. The average Bonchev–Trinajstić information content (AvgIpc) is 2.67. The highest BCUT2D eigenvalue weighted by Gasteiger charge is 2.22. The molecule has 1 saturated heterocycles. The van der Waals surface area contributed by atoms with Gasteiger partial charge < -0.3 is 14.5 Å². The fourth-order valence-electron chi connectivity index (χ4n) is 2.47. The van der Waals surface area contributed by atoms with Gasteiger partial charge in [0.15, 0.2) is 16.7 Å². The topological polar surface area (TPSA) is 91.1 Å². The van der Waals surface area contributed by atoms with E-state index in [0.717, 1.165) is 26.2 Å². The van der Waals surface area contributed by atoms with Gasteiger partial charge in [-0.3, -0.25) is 0 Å². The van der Waals surface area contributed by atoms with Crippen LogP contribution in [0.3, 0.4) is 0 Å². The standard InChI is InChI=1S/C15H17N7OS/c1-23-12-9-17-14(18-10-12)22-5-3-21(4-6-22)13-11(7-16)8-19-15(20-13)24-2/h8-10H,3-6H2,1-2H3. The zero-order valence-electron chi connectivity index (χ0n) is 13.5. The first-order valence-electron chi connectivity index (χ1n) is 7.42. The number of rotatable bonds is 4. The van der Waals surface area contributed by atoms with Gasteiger partial charge in [0.1, 0.15) is 11.6 Å². The van der Waals surface area contributed by atoms with Crippen LogP contribution in [0.5, 0.6) is 5.75 Å². The summed E-state index contributed by atoms with van der Waals surface area (Å²) in [5.74, 6) is 2.03. The number of piperazine rings is 1. The highest BCUT2D eigenvalue weighted by atomic mass is 32.2. The van der Waals surface area contributed by atoms with Crippen molar-refractivity contribution >= 4 is 23.5 Å². The van der Waals surface area contributed by atoms with Gasteiger partial charge in [0, 0.05) is 26.2 Å². The van der Waals surface area contributed by atoms with E-state index in [4.69, 9.17) is 4.74 Å². The Bertz CT molecular complexity index is 738. The van der Waals surface area contributed by atoms with E-state index in [1.165, 1.54) is 11.8 Å². The van der Waals surface area contributed by atoms with Gasteiger partial charge in [-0.1, -0.05) is 11.8 Å². The molecule has 0 aliphatic carbocycles. The predicted molar refractivity (Wildman–Crippen MR) is 91.5 cm³/mol. The summed E-state index contributed by atoms with van der Waals surface area (Å²) in [6.45, 7) is 3.01. The van der Waals surface area contributed by atoms with Crippen molar-refractivity contribution in [3.05, 3.63) is 24.2 Å². The molecular weight excluding hydrogens is 326 g/mol. The molecule has 0 amide bonds. The molecule has 0 aromatic carbocycles. The summed E-state index contributed by atoms with van der Waals surface area (Å²) in [6.07, 6.45) is 6.84. The monoisotopic (exact) mass is 343 g/mol. The minimum absolute atomic E-state index is 0.502. The van der Waals surface area contributed by atoms with Gasteiger partial charge >= 0.3 is 0 Å². The molecule has 0 unspecified atom stereocenters. The molecule has 1 aliphatic rings. The molecule has 9 heteroatoms. The lowest BCUT2D eigenvalue weighted by atomic mass is 10.2. The average molecular weight is 343 g/mol. The molecule has 8 nitrogen and oxygen atoms in total. The predicted octanol–water partition coefficient (Wildman–Crippen LogP) is 1.20. The highest BCUT2D eigenvalue weighted by molar-refractivity contribution is 7.98. The Hall–Kier alpha value is -2.60. The van der Waals surface area contributed by atoms with E-state index in [0.29, 0.717) is 28.2 Å². The molecule has 3 rings (SSSR count). The van der Waals surface area contributed by atoms with Crippen LogP contribution in [-0.2, 0) is 0 Å². The van der Waals surface area contributed by atoms with Gasteiger partial charge in [0.2, 0.25) is 5.95 Å². The minimum atomic E-state index is 0.502. The third kappa shape index (κ3) is 3.33. The van der Waals surface area contributed by atoms with Crippen LogP contribution in [0.1, 0.15) is 5.56 Å². The lowest BCUT2D eigenvalue weighted by Crippen LogP contribution is -2.47. The fraction of sp³-hybridized carbons (Fsp3) is 0.400. The van der Waals surface area contributed by atoms with Gasteiger partial charge in [0.25, 0.3) is 0 Å². The van der Waals surface area contributed by atoms with Gasteiger partial charge in [-0.2, -0.15) is 5.26 Å². The Kier molecular flexibility index (Phi) is 4.96. The molecule has 0 spiro atoms. The first-order chi connectivity index (χ1) is 11.7. The first kappa shape index (κ1) is 16.3. The fourth-order valence-corrected chi connectivity index (χ4v) is 2.81. The van der Waals surface area contributed by atoms with Crippen LogP contribution in [0.2, 0.25) is 0 Å². The van der Waals surface area contributed by atoms with E-state index in [1.807, 2.05) is 6.26 Å². The van der Waals surface area contributed by atoms with E-state index < -0.39 is 0 Å². The van der Waals surface area contributed by atoms with Crippen molar-refractivity contribution in [2.45, 2.75) is 5.16 Å². The largest absolute Gasteiger partial charge is 0.494 e. The van der Waals surface area contributed by atoms with Crippen LogP contribution in [0, 0.1) is 11.3 Å². The maximum atomic E-state index is 9.29. The second-order valence-electron chi connectivity index (χ2n) is 5.10. The molecule has 3 heterocycles. The number of aromatic nitrogens is 4. The number of nitrogens with zero attached hydrogens (tertiary/aromatic N) is 7. The lowest BCUT2D eigenvalue weighted by Gasteiger charge is -2.35. The Morgan fingerprint density at radius 1 is 1.08 bits per heavy atom. The Balaban J connectivity index is 1.72. The second-order valence-corrected chi connectivity index (χ2v) is 5.88. The normalized spacial score (nSPS) is 14.4. The van der Waals surface area contributed by atoms with Crippen molar-refractivity contribution in [3.63, 3.8) is 0 Å². The number of methoxy groups -OCH3 is 1. The highest BCUT2D eigenvalue weighted by Crippen LogP contribution is 2.22. The van der Waals surface area contributed by atoms with Gasteiger partial charge in [-0.25, -0.2) is 19.9 Å². The van der Waals surface area contributed by atoms with Gasteiger partial charge in [-0.15, -0.1) is 0 Å². The third-order valence-corrected chi connectivity index (χ3v) is 4.32. The first-order valence-corrected chi connectivity index (χ1v) is 8.64. The summed E-state index contributed by atoms with van der Waals surface area (Å²) >= 11 is 1.47. The SMILES string of the molecule is COc1cnc(N2CCN(c3nc(SC)ncc3C#N)CC2)nc1. The molecule has 0 N–H and O–H groups in total. The Morgan fingerprint density at radius 3 is 2.33 bits per heavy atom. The van der Waals surface area contributed by atoms with E-state index in [2.05, 4.69) is 35.8 Å². The summed E-state index contributed by atoms with van der Waals surface area (Å²) in [4.78, 5) is 21.5.